The summed E-state index contributed by atoms with van der Waals surface area (Å²) in [5, 5.41) is 6.02. The maximum Gasteiger partial charge on any atom is 0.263 e. The van der Waals surface area contributed by atoms with Crippen molar-refractivity contribution in [2.75, 3.05) is 29.6 Å². The highest BCUT2D eigenvalue weighted by atomic mass is 32.2. The van der Waals surface area contributed by atoms with Crippen LogP contribution in [0.1, 0.15) is 17.9 Å². The molecule has 0 spiro atoms. The number of ether oxygens (including phenoxy) is 2. The normalized spacial score (nSPS) is 15.9. The molecule has 4 aromatic carbocycles. The average Bonchev–Trinajstić information content (AvgIpc) is 3.83. The summed E-state index contributed by atoms with van der Waals surface area (Å²) in [5.41, 5.74) is 3.14. The van der Waals surface area contributed by atoms with E-state index in [1.54, 1.807) is 48.5 Å². The molecule has 5 aromatic rings. The van der Waals surface area contributed by atoms with Crippen molar-refractivity contribution in [2.45, 2.75) is 17.2 Å². The molecule has 1 fully saturated rings. The number of hydrogen-bond donors (Lipinski definition) is 3. The molecule has 3 N–H and O–H groups in total. The molecule has 10 nitrogen and oxygen atoms in total. The minimum Gasteiger partial charge on any atom is -0.497 e. The molecular formula is C32H29N5O5S. The van der Waals surface area contributed by atoms with Gasteiger partial charge in [0.05, 0.1) is 30.1 Å². The number of hydrogen-bond acceptors (Lipinski definition) is 8. The van der Waals surface area contributed by atoms with Gasteiger partial charge >= 0.3 is 0 Å². The van der Waals surface area contributed by atoms with Gasteiger partial charge < -0.3 is 20.1 Å². The first-order valence-corrected chi connectivity index (χ1v) is 15.1. The summed E-state index contributed by atoms with van der Waals surface area (Å²) in [5.74, 6) is 1.13. The van der Waals surface area contributed by atoms with Crippen molar-refractivity contribution in [3.63, 3.8) is 0 Å². The van der Waals surface area contributed by atoms with E-state index in [4.69, 9.17) is 9.47 Å². The largest absolute Gasteiger partial charge is 0.497 e. The predicted octanol–water partition coefficient (Wildman–Crippen LogP) is 5.93. The van der Waals surface area contributed by atoms with Crippen LogP contribution in [0, 0.1) is 5.92 Å². The Kier molecular flexibility index (Phi) is 7.56. The Labute approximate surface area is 249 Å². The van der Waals surface area contributed by atoms with Crippen LogP contribution in [0.4, 0.5) is 23.0 Å². The second-order valence-electron chi connectivity index (χ2n) is 10.1. The van der Waals surface area contributed by atoms with Crippen LogP contribution in [0.15, 0.2) is 102 Å². The molecule has 218 valence electrons. The lowest BCUT2D eigenvalue weighted by Gasteiger charge is -2.15. The molecule has 0 bridgehead atoms. The molecule has 6 rings (SSSR count). The van der Waals surface area contributed by atoms with Gasteiger partial charge in [0.1, 0.15) is 11.5 Å². The number of aromatic nitrogens is 2. The number of amides is 1. The average molecular weight is 596 g/mol. The fourth-order valence-electron chi connectivity index (χ4n) is 4.89. The van der Waals surface area contributed by atoms with Gasteiger partial charge in [-0.2, -0.15) is 0 Å². The minimum atomic E-state index is -4.13. The van der Waals surface area contributed by atoms with Crippen molar-refractivity contribution in [1.29, 1.82) is 0 Å². The topological polar surface area (TPSA) is 132 Å². The molecule has 0 saturated heterocycles. The van der Waals surface area contributed by atoms with Gasteiger partial charge in [0.2, 0.25) is 5.91 Å². The number of methoxy groups -OCH3 is 2. The first-order chi connectivity index (χ1) is 20.8. The third kappa shape index (κ3) is 6.21. The van der Waals surface area contributed by atoms with Crippen LogP contribution in [-0.2, 0) is 14.8 Å². The van der Waals surface area contributed by atoms with Crippen LogP contribution < -0.4 is 24.8 Å². The van der Waals surface area contributed by atoms with E-state index < -0.39 is 10.0 Å². The Bertz CT molecular complexity index is 1890. The molecule has 11 heteroatoms. The molecule has 1 heterocycles. The smallest absolute Gasteiger partial charge is 0.263 e. The Morgan fingerprint density at radius 1 is 0.767 bits per heavy atom. The third-order valence-corrected chi connectivity index (χ3v) is 8.52. The van der Waals surface area contributed by atoms with Gasteiger partial charge in [-0.15, -0.1) is 0 Å². The Morgan fingerprint density at radius 2 is 1.42 bits per heavy atom. The van der Waals surface area contributed by atoms with Crippen molar-refractivity contribution in [1.82, 2.24) is 9.97 Å². The number of sulfonamides is 1. The van der Waals surface area contributed by atoms with Gasteiger partial charge in [0.25, 0.3) is 10.0 Å². The molecule has 2 atom stereocenters. The quantitative estimate of drug-likeness (QED) is 0.181. The molecule has 1 aliphatic rings. The number of para-hydroxylation sites is 2. The lowest BCUT2D eigenvalue weighted by atomic mass is 10.1. The first kappa shape index (κ1) is 28.0. The number of fused-ring (bicyclic) bond motifs is 1. The maximum atomic E-state index is 13.6. The lowest BCUT2D eigenvalue weighted by Crippen LogP contribution is -2.17. The van der Waals surface area contributed by atoms with Crippen LogP contribution >= 0.6 is 0 Å². The summed E-state index contributed by atoms with van der Waals surface area (Å²) in [4.78, 5) is 22.1. The fourth-order valence-corrected chi connectivity index (χ4v) is 5.94. The second-order valence-corrected chi connectivity index (χ2v) is 11.8. The highest BCUT2D eigenvalue weighted by molar-refractivity contribution is 7.92. The summed E-state index contributed by atoms with van der Waals surface area (Å²) in [6.07, 6.45) is 0.755. The van der Waals surface area contributed by atoms with Crippen molar-refractivity contribution >= 4 is 50.0 Å². The number of rotatable bonds is 10. The Morgan fingerprint density at radius 3 is 2.09 bits per heavy atom. The molecule has 1 aromatic heterocycles. The Balaban J connectivity index is 1.26. The monoisotopic (exact) mass is 595 g/mol. The summed E-state index contributed by atoms with van der Waals surface area (Å²) >= 11 is 0. The van der Waals surface area contributed by atoms with Crippen LogP contribution in [0.3, 0.4) is 0 Å². The van der Waals surface area contributed by atoms with Crippen LogP contribution in [0.25, 0.3) is 11.0 Å². The zero-order valence-corrected chi connectivity index (χ0v) is 24.3. The molecule has 1 saturated carbocycles. The third-order valence-electron chi connectivity index (χ3n) is 7.18. The second kappa shape index (κ2) is 11.6. The molecule has 1 amide bonds. The van der Waals surface area contributed by atoms with Crippen LogP contribution in [-0.4, -0.2) is 38.5 Å². The maximum absolute atomic E-state index is 13.6. The Hall–Kier alpha value is -5.16. The van der Waals surface area contributed by atoms with Gasteiger partial charge in [0.15, 0.2) is 11.6 Å². The van der Waals surface area contributed by atoms with Crippen LogP contribution in [0.2, 0.25) is 0 Å². The molecule has 0 aliphatic heterocycles. The SMILES string of the molecule is COc1cc(Nc2nc3ccccc3nc2NS(=O)(=O)c2cccc(NC(=O)C3CC3c3ccccc3)c2)cc(OC)c1. The van der Waals surface area contributed by atoms with E-state index in [2.05, 4.69) is 25.3 Å². The van der Waals surface area contributed by atoms with E-state index >= 15 is 0 Å². The van der Waals surface area contributed by atoms with Crippen molar-refractivity contribution < 1.29 is 22.7 Å². The zero-order valence-electron chi connectivity index (χ0n) is 23.4. The number of anilines is 4. The number of benzene rings is 4. The summed E-state index contributed by atoms with van der Waals surface area (Å²) in [6, 6.07) is 28.3. The van der Waals surface area contributed by atoms with Crippen molar-refractivity contribution in [2.24, 2.45) is 5.92 Å². The predicted molar refractivity (Wildman–Crippen MR) is 166 cm³/mol. The molecule has 1 aliphatic carbocycles. The minimum absolute atomic E-state index is 0.00129. The molecular weight excluding hydrogens is 566 g/mol. The van der Waals surface area contributed by atoms with Gasteiger partial charge in [-0.3, -0.25) is 9.52 Å². The van der Waals surface area contributed by atoms with E-state index in [9.17, 15) is 13.2 Å². The van der Waals surface area contributed by atoms with Crippen molar-refractivity contribution in [3.8, 4) is 11.5 Å². The highest BCUT2D eigenvalue weighted by Gasteiger charge is 2.43. The molecule has 0 radical (unpaired) electrons. The summed E-state index contributed by atoms with van der Waals surface area (Å²) < 4.78 is 40.5. The van der Waals surface area contributed by atoms with Gasteiger partial charge in [-0.25, -0.2) is 18.4 Å². The first-order valence-electron chi connectivity index (χ1n) is 13.6. The highest BCUT2D eigenvalue weighted by Crippen LogP contribution is 2.48. The van der Waals surface area contributed by atoms with Gasteiger partial charge in [-0.1, -0.05) is 48.5 Å². The van der Waals surface area contributed by atoms with E-state index in [-0.39, 0.29) is 34.3 Å². The fraction of sp³-hybridized carbons (Fsp3) is 0.156. The van der Waals surface area contributed by atoms with Crippen LogP contribution in [0.5, 0.6) is 11.5 Å². The van der Waals surface area contributed by atoms with Crippen molar-refractivity contribution in [3.05, 3.63) is 103 Å². The lowest BCUT2D eigenvalue weighted by molar-refractivity contribution is -0.117. The van der Waals surface area contributed by atoms with E-state index in [1.807, 2.05) is 36.4 Å². The van der Waals surface area contributed by atoms with E-state index in [0.29, 0.717) is 33.9 Å². The van der Waals surface area contributed by atoms with Gasteiger partial charge in [0, 0.05) is 35.5 Å². The summed E-state index contributed by atoms with van der Waals surface area (Å²) in [6.45, 7) is 0. The number of nitrogens with zero attached hydrogens (tertiary/aromatic N) is 2. The number of carbonyl (C=O) groups excluding carboxylic acids is 1. The number of nitrogens with one attached hydrogen (secondary N) is 3. The molecule has 43 heavy (non-hydrogen) atoms. The summed E-state index contributed by atoms with van der Waals surface area (Å²) in [7, 11) is -1.06. The van der Waals surface area contributed by atoms with E-state index in [1.165, 1.54) is 26.4 Å². The molecule has 2 unspecified atom stereocenters. The number of carbonyl (C=O) groups is 1. The van der Waals surface area contributed by atoms with E-state index in [0.717, 1.165) is 12.0 Å². The van der Waals surface area contributed by atoms with Gasteiger partial charge in [-0.05, 0) is 48.2 Å². The standard InChI is InChI=1S/C32H29N5O5S/c1-41-23-15-22(16-24(18-23)42-2)33-30-31(36-29-14-7-6-13-28(29)35-30)37-43(39,40)25-12-8-11-21(17-25)34-32(38)27-19-26(27)20-9-4-3-5-10-20/h3-18,26-27H,19H2,1-2H3,(H,33,35)(H,34,38)(H,36,37). The zero-order chi connectivity index (χ0) is 30.0.